The number of hydroxylamine groups is 1. The van der Waals surface area contributed by atoms with Gasteiger partial charge in [-0.1, -0.05) is 13.8 Å². The van der Waals surface area contributed by atoms with Gasteiger partial charge in [-0.05, 0) is 6.42 Å². The Balaban J connectivity index is 0. The summed E-state index contributed by atoms with van der Waals surface area (Å²) in [5, 5.41) is 8.24. The minimum absolute atomic E-state index is 0. The zero-order valence-corrected chi connectivity index (χ0v) is 6.05. The molecule has 1 heterocycles. The highest BCUT2D eigenvalue weighted by molar-refractivity contribution is 4.65. The first-order valence-electron chi connectivity index (χ1n) is 3.41. The number of ether oxygens (including phenoxy) is 1. The first-order chi connectivity index (χ1) is 4.43. The van der Waals surface area contributed by atoms with Gasteiger partial charge in [0, 0.05) is 8.03 Å². The maximum atomic E-state index is 8.24. The van der Waals surface area contributed by atoms with Gasteiger partial charge in [0.05, 0.1) is 12.6 Å². The molecule has 0 amide bonds. The predicted octanol–water partition coefficient (Wildman–Crippen LogP) is 1.03. The molecular weight excluding hydrogens is 118 g/mol. The summed E-state index contributed by atoms with van der Waals surface area (Å²) in [6.07, 6.45) is 0.927. The van der Waals surface area contributed by atoms with E-state index in [4.69, 9.17) is 9.94 Å². The van der Waals surface area contributed by atoms with Crippen LogP contribution in [-0.4, -0.2) is 24.5 Å². The summed E-state index contributed by atoms with van der Waals surface area (Å²) in [4.78, 5) is 0. The van der Waals surface area contributed by atoms with Crippen LogP contribution in [0.15, 0.2) is 0 Å². The summed E-state index contributed by atoms with van der Waals surface area (Å²) in [7, 11) is 0. The van der Waals surface area contributed by atoms with Crippen LogP contribution in [0.5, 0.6) is 0 Å². The van der Waals surface area contributed by atoms with Gasteiger partial charge in [0.1, 0.15) is 0 Å². The summed E-state index contributed by atoms with van der Waals surface area (Å²) >= 11 is 0. The largest absolute Gasteiger partial charge is 0.380 e. The molecule has 9 heavy (non-hydrogen) atoms. The highest BCUT2D eigenvalue weighted by atomic mass is 16.5. The van der Waals surface area contributed by atoms with Crippen LogP contribution < -0.4 is 5.48 Å². The molecule has 0 aromatic rings. The Kier molecular flexibility index (Phi) is 5.93. The second-order valence-corrected chi connectivity index (χ2v) is 1.69. The quantitative estimate of drug-likeness (QED) is 0.527. The molecule has 1 atom stereocenters. The van der Waals surface area contributed by atoms with E-state index in [2.05, 4.69) is 5.48 Å². The second-order valence-electron chi connectivity index (χ2n) is 1.69. The standard InChI is InChI=1S/C4H9NO2.C2H6.H2/c6-5-4-1-2-7-3-4;1-2;/h4-6H,1-3H2;1-2H3;1H. The summed E-state index contributed by atoms with van der Waals surface area (Å²) in [5.41, 5.74) is 2.14. The Hall–Kier alpha value is -0.120. The molecule has 0 spiro atoms. The summed E-state index contributed by atoms with van der Waals surface area (Å²) < 4.78 is 4.93. The van der Waals surface area contributed by atoms with E-state index in [1.54, 1.807) is 0 Å². The molecule has 2 N–H and O–H groups in total. The average Bonchev–Trinajstić information content (AvgIpc) is 2.43. The minimum atomic E-state index is 0. The van der Waals surface area contributed by atoms with E-state index >= 15 is 0 Å². The van der Waals surface area contributed by atoms with Crippen molar-refractivity contribution in [3.05, 3.63) is 0 Å². The average molecular weight is 135 g/mol. The second kappa shape index (κ2) is 6.01. The fourth-order valence-electron chi connectivity index (χ4n) is 0.636. The SMILES string of the molecule is CC.ONC1CCOC1.[HH]. The van der Waals surface area contributed by atoms with Crippen LogP contribution in [0.3, 0.4) is 0 Å². The Labute approximate surface area is 57.5 Å². The molecule has 3 heteroatoms. The van der Waals surface area contributed by atoms with Gasteiger partial charge in [-0.25, -0.2) is 5.48 Å². The van der Waals surface area contributed by atoms with Crippen molar-refractivity contribution in [1.82, 2.24) is 5.48 Å². The van der Waals surface area contributed by atoms with Gasteiger partial charge < -0.3 is 9.94 Å². The van der Waals surface area contributed by atoms with E-state index < -0.39 is 0 Å². The maximum Gasteiger partial charge on any atom is 0.0643 e. The fraction of sp³-hybridized carbons (Fsp3) is 1.00. The van der Waals surface area contributed by atoms with Crippen LogP contribution in [-0.2, 0) is 4.74 Å². The monoisotopic (exact) mass is 135 g/mol. The molecule has 1 aliphatic heterocycles. The molecule has 58 valence electrons. The lowest BCUT2D eigenvalue weighted by Gasteiger charge is -1.99. The first-order valence-corrected chi connectivity index (χ1v) is 3.41. The van der Waals surface area contributed by atoms with Crippen LogP contribution in [0.25, 0.3) is 0 Å². The van der Waals surface area contributed by atoms with Crippen molar-refractivity contribution >= 4 is 0 Å². The zero-order chi connectivity index (χ0) is 7.11. The third kappa shape index (κ3) is 3.46. The van der Waals surface area contributed by atoms with Crippen molar-refractivity contribution in [2.24, 2.45) is 0 Å². The number of rotatable bonds is 1. The molecule has 1 unspecified atom stereocenters. The molecule has 1 rings (SSSR count). The lowest BCUT2D eigenvalue weighted by molar-refractivity contribution is 0.110. The molecule has 0 aromatic carbocycles. The highest BCUT2D eigenvalue weighted by Crippen LogP contribution is 2.00. The van der Waals surface area contributed by atoms with E-state index in [0.29, 0.717) is 6.61 Å². The van der Waals surface area contributed by atoms with Gasteiger partial charge >= 0.3 is 0 Å². The molecule has 0 radical (unpaired) electrons. The van der Waals surface area contributed by atoms with Gasteiger partial charge in [-0.2, -0.15) is 0 Å². The molecular formula is C6H17NO2. The summed E-state index contributed by atoms with van der Waals surface area (Å²) in [5.74, 6) is 0. The fourth-order valence-corrected chi connectivity index (χ4v) is 0.636. The Morgan fingerprint density at radius 3 is 2.56 bits per heavy atom. The van der Waals surface area contributed by atoms with E-state index in [1.807, 2.05) is 13.8 Å². The van der Waals surface area contributed by atoms with Gasteiger partial charge in [-0.3, -0.25) is 0 Å². The van der Waals surface area contributed by atoms with Crippen molar-refractivity contribution < 1.29 is 11.4 Å². The number of hydrogen-bond donors (Lipinski definition) is 2. The first kappa shape index (κ1) is 8.88. The minimum Gasteiger partial charge on any atom is -0.380 e. The van der Waals surface area contributed by atoms with E-state index in [-0.39, 0.29) is 7.47 Å². The van der Waals surface area contributed by atoms with Crippen molar-refractivity contribution in [3.63, 3.8) is 0 Å². The lowest BCUT2D eigenvalue weighted by atomic mass is 10.3. The van der Waals surface area contributed by atoms with Crippen molar-refractivity contribution in [2.45, 2.75) is 26.3 Å². The van der Waals surface area contributed by atoms with Crippen LogP contribution >= 0.6 is 0 Å². The summed E-state index contributed by atoms with van der Waals surface area (Å²) in [6.45, 7) is 5.43. The third-order valence-electron chi connectivity index (χ3n) is 1.11. The van der Waals surface area contributed by atoms with Crippen molar-refractivity contribution in [3.8, 4) is 0 Å². The Morgan fingerprint density at radius 1 is 1.67 bits per heavy atom. The van der Waals surface area contributed by atoms with Gasteiger partial charge in [-0.15, -0.1) is 0 Å². The topological polar surface area (TPSA) is 41.5 Å². The molecule has 1 saturated heterocycles. The van der Waals surface area contributed by atoms with Crippen LogP contribution in [0.2, 0.25) is 0 Å². The normalized spacial score (nSPS) is 25.0. The molecule has 0 aromatic heterocycles. The Morgan fingerprint density at radius 2 is 2.33 bits per heavy atom. The Bertz CT molecular complexity index is 57.7. The number of nitrogens with one attached hydrogen (secondary N) is 1. The van der Waals surface area contributed by atoms with E-state index in [1.165, 1.54) is 0 Å². The molecule has 1 aliphatic rings. The van der Waals surface area contributed by atoms with Crippen LogP contribution in [0, 0.1) is 0 Å². The lowest BCUT2D eigenvalue weighted by Crippen LogP contribution is -2.25. The molecule has 1 fully saturated rings. The van der Waals surface area contributed by atoms with E-state index in [9.17, 15) is 0 Å². The van der Waals surface area contributed by atoms with Gasteiger partial charge in [0.25, 0.3) is 0 Å². The molecule has 3 nitrogen and oxygen atoms in total. The summed E-state index contributed by atoms with van der Waals surface area (Å²) in [6, 6.07) is 0.181. The van der Waals surface area contributed by atoms with Crippen molar-refractivity contribution in [1.29, 1.82) is 0 Å². The van der Waals surface area contributed by atoms with E-state index in [0.717, 1.165) is 13.0 Å². The maximum absolute atomic E-state index is 8.24. The van der Waals surface area contributed by atoms with Crippen molar-refractivity contribution in [2.75, 3.05) is 13.2 Å². The molecule has 0 bridgehead atoms. The smallest absolute Gasteiger partial charge is 0.0643 e. The highest BCUT2D eigenvalue weighted by Gasteiger charge is 2.12. The predicted molar refractivity (Wildman–Crippen MR) is 37.6 cm³/mol. The van der Waals surface area contributed by atoms with Crippen LogP contribution in [0.1, 0.15) is 21.7 Å². The van der Waals surface area contributed by atoms with Gasteiger partial charge in [0.2, 0.25) is 0 Å². The van der Waals surface area contributed by atoms with Gasteiger partial charge in [0.15, 0.2) is 0 Å². The van der Waals surface area contributed by atoms with Crippen LogP contribution in [0.4, 0.5) is 0 Å². The number of hydrogen-bond acceptors (Lipinski definition) is 3. The third-order valence-corrected chi connectivity index (χ3v) is 1.11. The molecule has 0 saturated carbocycles. The zero-order valence-electron chi connectivity index (χ0n) is 6.05. The molecule has 0 aliphatic carbocycles.